The van der Waals surface area contributed by atoms with E-state index in [-0.39, 0.29) is 10.6 Å². The number of thiazole rings is 1. The van der Waals surface area contributed by atoms with E-state index in [0.717, 1.165) is 15.6 Å². The van der Waals surface area contributed by atoms with Crippen molar-refractivity contribution in [3.05, 3.63) is 49.8 Å². The van der Waals surface area contributed by atoms with Crippen LogP contribution in [-0.2, 0) is 10.0 Å². The number of hydrogen-bond acceptors (Lipinski definition) is 5. The molecule has 24 heavy (non-hydrogen) atoms. The van der Waals surface area contributed by atoms with Crippen molar-refractivity contribution < 1.29 is 12.8 Å². The summed E-state index contributed by atoms with van der Waals surface area (Å²) in [6.45, 7) is 3.62. The van der Waals surface area contributed by atoms with Gasteiger partial charge in [-0.05, 0) is 38.1 Å². The van der Waals surface area contributed by atoms with E-state index >= 15 is 0 Å². The fourth-order valence-electron chi connectivity index (χ4n) is 2.11. The molecule has 0 unspecified atom stereocenters. The number of rotatable bonds is 4. The Morgan fingerprint density at radius 2 is 2.00 bits per heavy atom. The van der Waals surface area contributed by atoms with Crippen LogP contribution >= 0.6 is 38.6 Å². The molecular weight excluding hydrogens is 435 g/mol. The number of nitrogens with one attached hydrogen (secondary N) is 1. The number of anilines is 1. The van der Waals surface area contributed by atoms with E-state index in [1.165, 1.54) is 34.8 Å². The van der Waals surface area contributed by atoms with E-state index < -0.39 is 15.8 Å². The van der Waals surface area contributed by atoms with E-state index in [2.05, 4.69) is 25.6 Å². The lowest BCUT2D eigenvalue weighted by Crippen LogP contribution is -2.14. The van der Waals surface area contributed by atoms with Gasteiger partial charge in [0.1, 0.15) is 10.7 Å². The van der Waals surface area contributed by atoms with E-state index in [9.17, 15) is 12.8 Å². The summed E-state index contributed by atoms with van der Waals surface area (Å²) in [6, 6.07) is 5.74. The number of hydrogen-bond donors (Lipinski definition) is 1. The summed E-state index contributed by atoms with van der Waals surface area (Å²) in [5, 5.41) is 2.80. The Balaban J connectivity index is 1.96. The molecule has 0 aliphatic carbocycles. The zero-order valence-corrected chi connectivity index (χ0v) is 16.7. The minimum absolute atomic E-state index is 0.0881. The first kappa shape index (κ1) is 17.5. The van der Waals surface area contributed by atoms with Crippen LogP contribution < -0.4 is 4.72 Å². The Kier molecular flexibility index (Phi) is 4.78. The molecule has 4 nitrogen and oxygen atoms in total. The molecule has 2 heterocycles. The van der Waals surface area contributed by atoms with Crippen LogP contribution in [0.3, 0.4) is 0 Å². The number of aromatic nitrogens is 1. The standard InChI is InChI=1S/C15H12BrFN2O2S3/c1-8-15(6-14(23-8)13-7-22-9(2)18-13)24(20,21)19-12-4-3-10(16)5-11(12)17/h3-7,19H,1-2H3. The van der Waals surface area contributed by atoms with Crippen molar-refractivity contribution in [2.24, 2.45) is 0 Å². The number of aryl methyl sites for hydroxylation is 2. The van der Waals surface area contributed by atoms with Crippen molar-refractivity contribution in [2.75, 3.05) is 4.72 Å². The second kappa shape index (κ2) is 6.55. The van der Waals surface area contributed by atoms with Gasteiger partial charge < -0.3 is 0 Å². The molecule has 3 rings (SSSR count). The van der Waals surface area contributed by atoms with Crippen LogP contribution in [0.1, 0.15) is 9.88 Å². The highest BCUT2D eigenvalue weighted by atomic mass is 79.9. The molecule has 0 radical (unpaired) electrons. The Morgan fingerprint density at radius 1 is 1.25 bits per heavy atom. The number of sulfonamides is 1. The van der Waals surface area contributed by atoms with Crippen molar-refractivity contribution in [1.29, 1.82) is 0 Å². The van der Waals surface area contributed by atoms with E-state index in [0.29, 0.717) is 9.35 Å². The molecule has 0 bridgehead atoms. The summed E-state index contributed by atoms with van der Waals surface area (Å²) in [5.41, 5.74) is 0.664. The van der Waals surface area contributed by atoms with Crippen LogP contribution in [0.5, 0.6) is 0 Å². The third-order valence-corrected chi connectivity index (χ3v) is 7.17. The zero-order chi connectivity index (χ0) is 17.5. The third kappa shape index (κ3) is 3.53. The van der Waals surface area contributed by atoms with E-state index in [1.54, 1.807) is 19.1 Å². The molecule has 0 atom stereocenters. The van der Waals surface area contributed by atoms with Gasteiger partial charge in [0, 0.05) is 14.7 Å². The molecule has 0 spiro atoms. The second-order valence-corrected chi connectivity index (χ2v) is 9.90. The average molecular weight is 447 g/mol. The first-order chi connectivity index (χ1) is 11.3. The molecule has 1 N–H and O–H groups in total. The van der Waals surface area contributed by atoms with Gasteiger partial charge in [0.15, 0.2) is 0 Å². The molecule has 9 heteroatoms. The molecule has 0 fully saturated rings. The molecule has 0 saturated heterocycles. The van der Waals surface area contributed by atoms with Crippen LogP contribution in [0.15, 0.2) is 39.0 Å². The lowest BCUT2D eigenvalue weighted by atomic mass is 10.3. The average Bonchev–Trinajstić information content (AvgIpc) is 3.08. The van der Waals surface area contributed by atoms with Gasteiger partial charge in [-0.2, -0.15) is 0 Å². The molecule has 0 aliphatic rings. The van der Waals surface area contributed by atoms with Gasteiger partial charge in [-0.15, -0.1) is 22.7 Å². The van der Waals surface area contributed by atoms with Crippen molar-refractivity contribution in [3.63, 3.8) is 0 Å². The van der Waals surface area contributed by atoms with Crippen molar-refractivity contribution >= 4 is 54.3 Å². The third-order valence-electron chi connectivity index (χ3n) is 3.21. The number of thiophene rings is 1. The maximum absolute atomic E-state index is 13.9. The van der Waals surface area contributed by atoms with Crippen LogP contribution in [0.4, 0.5) is 10.1 Å². The van der Waals surface area contributed by atoms with Gasteiger partial charge in [0.25, 0.3) is 10.0 Å². The largest absolute Gasteiger partial charge is 0.277 e. The minimum Gasteiger partial charge on any atom is -0.277 e. The zero-order valence-electron chi connectivity index (χ0n) is 12.6. The number of nitrogens with zero attached hydrogens (tertiary/aromatic N) is 1. The first-order valence-electron chi connectivity index (χ1n) is 6.77. The quantitative estimate of drug-likeness (QED) is 0.599. The Morgan fingerprint density at radius 3 is 2.62 bits per heavy atom. The minimum atomic E-state index is -3.88. The highest BCUT2D eigenvalue weighted by Gasteiger charge is 2.22. The molecule has 1 aromatic carbocycles. The maximum Gasteiger partial charge on any atom is 0.263 e. The number of halogens is 2. The highest BCUT2D eigenvalue weighted by Crippen LogP contribution is 2.35. The van der Waals surface area contributed by atoms with E-state index in [4.69, 9.17) is 0 Å². The predicted molar refractivity (Wildman–Crippen MR) is 99.8 cm³/mol. The SMILES string of the molecule is Cc1nc(-c2cc(S(=O)(=O)Nc3ccc(Br)cc3F)c(C)s2)cs1. The second-order valence-electron chi connectivity index (χ2n) is 5.01. The summed E-state index contributed by atoms with van der Waals surface area (Å²) in [4.78, 5) is 5.91. The van der Waals surface area contributed by atoms with Gasteiger partial charge in [0.2, 0.25) is 0 Å². The van der Waals surface area contributed by atoms with E-state index in [1.807, 2.05) is 12.3 Å². The lowest BCUT2D eigenvalue weighted by molar-refractivity contribution is 0.598. The van der Waals surface area contributed by atoms with Gasteiger partial charge in [0.05, 0.1) is 21.3 Å². The monoisotopic (exact) mass is 446 g/mol. The molecule has 3 aromatic rings. The van der Waals surface area contributed by atoms with Gasteiger partial charge >= 0.3 is 0 Å². The van der Waals surface area contributed by atoms with Crippen LogP contribution in [0.25, 0.3) is 10.6 Å². The topological polar surface area (TPSA) is 59.1 Å². The molecule has 0 saturated carbocycles. The summed E-state index contributed by atoms with van der Waals surface area (Å²) in [7, 11) is -3.88. The van der Waals surface area contributed by atoms with Crippen molar-refractivity contribution in [2.45, 2.75) is 18.7 Å². The Labute approximate surface area is 155 Å². The maximum atomic E-state index is 13.9. The fourth-order valence-corrected chi connectivity index (χ4v) is 5.75. The Bertz CT molecular complexity index is 1010. The normalized spacial score (nSPS) is 11.7. The summed E-state index contributed by atoms with van der Waals surface area (Å²) in [5.74, 6) is -0.642. The summed E-state index contributed by atoms with van der Waals surface area (Å²) >= 11 is 5.99. The number of benzene rings is 1. The molecule has 126 valence electrons. The molecule has 2 aromatic heterocycles. The van der Waals surface area contributed by atoms with Crippen LogP contribution in [0.2, 0.25) is 0 Å². The van der Waals surface area contributed by atoms with Gasteiger partial charge in [-0.25, -0.2) is 17.8 Å². The first-order valence-corrected chi connectivity index (χ1v) is 10.7. The van der Waals surface area contributed by atoms with Crippen molar-refractivity contribution in [1.82, 2.24) is 4.98 Å². The van der Waals surface area contributed by atoms with Crippen LogP contribution in [-0.4, -0.2) is 13.4 Å². The molecule has 0 aliphatic heterocycles. The van der Waals surface area contributed by atoms with Gasteiger partial charge in [-0.3, -0.25) is 4.72 Å². The predicted octanol–water partition coefficient (Wildman–Crippen LogP) is 5.19. The Hall–Kier alpha value is -1.29. The van der Waals surface area contributed by atoms with Gasteiger partial charge in [-0.1, -0.05) is 15.9 Å². The van der Waals surface area contributed by atoms with Crippen LogP contribution in [0, 0.1) is 19.7 Å². The summed E-state index contributed by atoms with van der Waals surface area (Å²) in [6.07, 6.45) is 0. The smallest absolute Gasteiger partial charge is 0.263 e. The lowest BCUT2D eigenvalue weighted by Gasteiger charge is -2.08. The highest BCUT2D eigenvalue weighted by molar-refractivity contribution is 9.10. The van der Waals surface area contributed by atoms with Crippen molar-refractivity contribution in [3.8, 4) is 10.6 Å². The molecule has 0 amide bonds. The summed E-state index contributed by atoms with van der Waals surface area (Å²) < 4.78 is 42.0. The fraction of sp³-hybridized carbons (Fsp3) is 0.133. The molecular formula is C15H12BrFN2O2S3.